The van der Waals surface area contributed by atoms with E-state index in [0.29, 0.717) is 0 Å². The number of rotatable bonds is 28. The molecular weight excluding hydrogens is 873 g/mol. The highest BCUT2D eigenvalue weighted by Gasteiger charge is 2.66. The third kappa shape index (κ3) is 15.1. The number of ether oxygens (including phenoxy) is 2. The Hall–Kier alpha value is -5.45. The average molecular weight is 933 g/mol. The summed E-state index contributed by atoms with van der Waals surface area (Å²) in [5.41, 5.74) is 19.8. The molecule has 0 spiro atoms. The molecule has 27 heteroatoms. The summed E-state index contributed by atoms with van der Waals surface area (Å²) < 4.78 is 10.6. The van der Waals surface area contributed by atoms with Gasteiger partial charge in [-0.2, -0.15) is 0 Å². The van der Waals surface area contributed by atoms with Crippen LogP contribution in [0, 0.1) is 5.92 Å². The number of hydrogen-bond acceptors (Lipinski definition) is 18. The zero-order valence-electron chi connectivity index (χ0n) is 35.8. The smallest absolute Gasteiger partial charge is 0.352 e. The summed E-state index contributed by atoms with van der Waals surface area (Å²) >= 11 is 0.988. The number of fused-ring (bicyclic) bond motifs is 1. The van der Waals surface area contributed by atoms with Crippen molar-refractivity contribution < 1.29 is 77.8 Å². The molecule has 7 amide bonds. The molecule has 1 saturated heterocycles. The van der Waals surface area contributed by atoms with Gasteiger partial charge in [0.25, 0.3) is 11.6 Å². The van der Waals surface area contributed by atoms with Crippen LogP contribution in [-0.4, -0.2) is 171 Å². The molecule has 1 fully saturated rings. The Balaban J connectivity index is 2.02. The molecule has 0 aromatic rings. The third-order valence-corrected chi connectivity index (χ3v) is 11.4. The van der Waals surface area contributed by atoms with Crippen LogP contribution in [0.5, 0.6) is 0 Å². The second kappa shape index (κ2) is 25.1. The van der Waals surface area contributed by atoms with Crippen LogP contribution in [0.15, 0.2) is 11.3 Å². The van der Waals surface area contributed by atoms with E-state index in [1.54, 1.807) is 13.8 Å². The number of aliphatic hydroxyl groups is 2. The lowest BCUT2D eigenvalue weighted by molar-refractivity contribution is -0.192. The standard InChI is InChI=1S/C37H60N10O16S/c1-16(2)27(45-30(54)19(39)8-6-10-42-31(55)22(13-48)44-29(53)17(3)38)32(56)43-21(11-24(41)50)23(49)12-26(52)63-14-18-15-64-36-37(62-4,35(61)47(36)28(18)34(59)60)46-25(51)9-5-7-20(40)33(57)58/h16-17,19-23,27,36,48-49H,5-15,38-40H2,1-4H3,(H2,41,50)(H,42,55)(H,43,56)(H,44,53)(H,45,54)(H,46,51)(H,57,58)(H,59,60)/t17?,19?,20-,21?,22?,23?,27?,36?,37+/m1/s1. The number of nitrogens with zero attached hydrogens (tertiary/aromatic N) is 1. The number of nitrogens with one attached hydrogen (secondary N) is 5. The Morgan fingerprint density at radius 2 is 1.53 bits per heavy atom. The van der Waals surface area contributed by atoms with E-state index in [-0.39, 0.29) is 50.0 Å². The third-order valence-electron chi connectivity index (χ3n) is 10.00. The number of aliphatic carboxylic acids is 2. The van der Waals surface area contributed by atoms with E-state index >= 15 is 0 Å². The van der Waals surface area contributed by atoms with E-state index in [9.17, 15) is 63.3 Å². The van der Waals surface area contributed by atoms with Gasteiger partial charge in [0.15, 0.2) is 0 Å². The number of hydrogen-bond donors (Lipinski definition) is 13. The van der Waals surface area contributed by atoms with Crippen molar-refractivity contribution >= 4 is 71.0 Å². The number of amides is 7. The van der Waals surface area contributed by atoms with Gasteiger partial charge in [-0.15, -0.1) is 11.8 Å². The predicted octanol–water partition coefficient (Wildman–Crippen LogP) is -5.88. The molecule has 2 aliphatic rings. The van der Waals surface area contributed by atoms with Crippen molar-refractivity contribution in [2.24, 2.45) is 28.9 Å². The molecule has 0 aromatic carbocycles. The summed E-state index contributed by atoms with van der Waals surface area (Å²) in [6, 6.07) is -7.27. The zero-order valence-corrected chi connectivity index (χ0v) is 36.6. The van der Waals surface area contributed by atoms with Crippen LogP contribution >= 0.6 is 11.8 Å². The first kappa shape index (κ1) is 54.7. The minimum atomic E-state index is -1.95. The minimum Gasteiger partial charge on any atom is -0.480 e. The molecule has 0 aliphatic carbocycles. The van der Waals surface area contributed by atoms with Gasteiger partial charge in [0.2, 0.25) is 35.4 Å². The van der Waals surface area contributed by atoms with Gasteiger partial charge in [-0.3, -0.25) is 48.1 Å². The number of nitrogens with two attached hydrogens (primary N) is 4. The lowest BCUT2D eigenvalue weighted by Crippen LogP contribution is -2.80. The number of carbonyl (C=O) groups excluding carboxylic acids is 8. The van der Waals surface area contributed by atoms with Crippen LogP contribution in [0.4, 0.5) is 0 Å². The number of methoxy groups -OCH3 is 1. The maximum Gasteiger partial charge on any atom is 0.352 e. The van der Waals surface area contributed by atoms with Crippen molar-refractivity contribution in [2.45, 2.75) is 119 Å². The number of carbonyl (C=O) groups is 10. The number of carboxylic acids is 2. The molecule has 9 atom stereocenters. The van der Waals surface area contributed by atoms with Gasteiger partial charge in [0, 0.05) is 37.8 Å². The first-order valence-electron chi connectivity index (χ1n) is 20.1. The number of esters is 1. The predicted molar refractivity (Wildman–Crippen MR) is 222 cm³/mol. The van der Waals surface area contributed by atoms with Crippen molar-refractivity contribution in [2.75, 3.05) is 32.6 Å². The monoisotopic (exact) mass is 932 g/mol. The summed E-state index contributed by atoms with van der Waals surface area (Å²) in [5.74, 6) is -10.2. The normalized spacial score (nSPS) is 20.2. The lowest BCUT2D eigenvalue weighted by Gasteiger charge is -2.55. The van der Waals surface area contributed by atoms with Crippen LogP contribution in [0.3, 0.4) is 0 Å². The van der Waals surface area contributed by atoms with Crippen molar-refractivity contribution in [1.82, 2.24) is 31.5 Å². The highest BCUT2D eigenvalue weighted by molar-refractivity contribution is 8.00. The minimum absolute atomic E-state index is 0.0110. The van der Waals surface area contributed by atoms with Gasteiger partial charge in [-0.1, -0.05) is 13.8 Å². The van der Waals surface area contributed by atoms with Gasteiger partial charge in [0.05, 0.1) is 37.3 Å². The zero-order chi connectivity index (χ0) is 48.6. The van der Waals surface area contributed by atoms with E-state index < -0.39 is 150 Å². The van der Waals surface area contributed by atoms with Crippen LogP contribution < -0.4 is 49.5 Å². The Labute approximate surface area is 371 Å². The first-order valence-corrected chi connectivity index (χ1v) is 21.1. The van der Waals surface area contributed by atoms with E-state index in [4.69, 9.17) is 37.5 Å². The van der Waals surface area contributed by atoms with E-state index in [1.165, 1.54) is 6.92 Å². The molecule has 0 aromatic heterocycles. The fourth-order valence-electron chi connectivity index (χ4n) is 6.32. The van der Waals surface area contributed by atoms with Crippen LogP contribution in [-0.2, 0) is 57.4 Å². The van der Waals surface area contributed by atoms with Crippen LogP contribution in [0.1, 0.15) is 65.7 Å². The Kier molecular flexibility index (Phi) is 21.5. The molecule has 2 rings (SSSR count). The van der Waals surface area contributed by atoms with Crippen molar-refractivity contribution in [3.63, 3.8) is 0 Å². The van der Waals surface area contributed by atoms with Crippen molar-refractivity contribution in [3.05, 3.63) is 11.3 Å². The summed E-state index contributed by atoms with van der Waals surface area (Å²) in [4.78, 5) is 126. The van der Waals surface area contributed by atoms with Gasteiger partial charge in [0.1, 0.15) is 35.8 Å². The molecule has 7 unspecified atom stereocenters. The molecular formula is C37H60N10O16S. The molecule has 26 nitrogen and oxygen atoms in total. The van der Waals surface area contributed by atoms with Gasteiger partial charge in [-0.05, 0) is 38.5 Å². The van der Waals surface area contributed by atoms with Gasteiger partial charge < -0.3 is 79.4 Å². The molecule has 0 radical (unpaired) electrons. The summed E-state index contributed by atoms with van der Waals surface area (Å²) in [6.45, 7) is 3.22. The maximum absolute atomic E-state index is 13.4. The molecule has 360 valence electrons. The van der Waals surface area contributed by atoms with Crippen LogP contribution in [0.2, 0.25) is 0 Å². The second-order valence-corrected chi connectivity index (χ2v) is 16.5. The van der Waals surface area contributed by atoms with Gasteiger partial charge in [-0.25, -0.2) is 4.79 Å². The quantitative estimate of drug-likeness (QED) is 0.0150. The number of β-lactam (4-membered cyclic amide) rings is 1. The fourth-order valence-corrected chi connectivity index (χ4v) is 7.74. The second-order valence-electron chi connectivity index (χ2n) is 15.4. The summed E-state index contributed by atoms with van der Waals surface area (Å²) in [5, 5.41) is 50.5. The van der Waals surface area contributed by atoms with Crippen molar-refractivity contribution in [3.8, 4) is 0 Å². The Bertz CT molecular complexity index is 1800. The number of aliphatic hydroxyl groups excluding tert-OH is 2. The SMILES string of the molecule is CO[C@@]1(NC(=O)CCC[C@@H](N)C(=O)O)C(=O)N2C(C(=O)O)=C(COC(=O)CC(O)C(CC(N)=O)NC(=O)C(NC(=O)C(N)CCCNC(=O)C(CO)NC(=O)C(C)N)C(C)C)CSC21. The molecule has 17 N–H and O–H groups in total. The summed E-state index contributed by atoms with van der Waals surface area (Å²) in [6.07, 6.45) is -3.24. The Morgan fingerprint density at radius 3 is 2.08 bits per heavy atom. The fraction of sp³-hybridized carbons (Fsp3) is 0.676. The van der Waals surface area contributed by atoms with E-state index in [2.05, 4.69) is 26.6 Å². The topological polar surface area (TPSA) is 438 Å². The molecule has 2 heterocycles. The number of thioether (sulfide) groups is 1. The molecule has 0 saturated carbocycles. The van der Waals surface area contributed by atoms with E-state index in [1.807, 2.05) is 0 Å². The van der Waals surface area contributed by atoms with Gasteiger partial charge >= 0.3 is 17.9 Å². The molecule has 2 aliphatic heterocycles. The number of carboxylic acid groups (broad SMARTS) is 2. The average Bonchev–Trinajstić information content (AvgIpc) is 3.22. The highest BCUT2D eigenvalue weighted by atomic mass is 32.2. The largest absolute Gasteiger partial charge is 0.480 e. The Morgan fingerprint density at radius 1 is 0.891 bits per heavy atom. The molecule has 64 heavy (non-hydrogen) atoms. The molecule has 0 bridgehead atoms. The highest BCUT2D eigenvalue weighted by Crippen LogP contribution is 2.46. The lowest BCUT2D eigenvalue weighted by atomic mass is 9.97. The maximum atomic E-state index is 13.4. The summed E-state index contributed by atoms with van der Waals surface area (Å²) in [7, 11) is 1.13. The first-order chi connectivity index (χ1) is 29.9. The van der Waals surface area contributed by atoms with Crippen molar-refractivity contribution in [1.29, 1.82) is 0 Å². The van der Waals surface area contributed by atoms with E-state index in [0.717, 1.165) is 23.8 Å². The number of primary amides is 1. The van der Waals surface area contributed by atoms with Crippen LogP contribution in [0.25, 0.3) is 0 Å².